The highest BCUT2D eigenvalue weighted by molar-refractivity contribution is 7.89. The maximum absolute atomic E-state index is 12.4. The van der Waals surface area contributed by atoms with Crippen molar-refractivity contribution < 1.29 is 17.9 Å². The van der Waals surface area contributed by atoms with Gasteiger partial charge in [-0.1, -0.05) is 48.5 Å². The standard InChI is InChI=1S/C21H20N2O4S/c24-21(16-27-19-9-5-2-6-10-19)23-18-11-13-20(14-12-18)28(25,26)22-15-17-7-3-1-4-8-17/h1-14,22H,15-16H2,(H,23,24). The number of amides is 1. The van der Waals surface area contributed by atoms with Gasteiger partial charge in [-0.3, -0.25) is 4.79 Å². The molecule has 3 aromatic carbocycles. The van der Waals surface area contributed by atoms with E-state index in [-0.39, 0.29) is 24.0 Å². The Morgan fingerprint density at radius 3 is 2.07 bits per heavy atom. The number of para-hydroxylation sites is 1. The van der Waals surface area contributed by atoms with E-state index in [1.807, 2.05) is 48.5 Å². The molecule has 0 aliphatic heterocycles. The third kappa shape index (κ3) is 5.67. The van der Waals surface area contributed by atoms with Crippen LogP contribution >= 0.6 is 0 Å². The van der Waals surface area contributed by atoms with Crippen LogP contribution in [0.1, 0.15) is 5.56 Å². The molecule has 0 bridgehead atoms. The summed E-state index contributed by atoms with van der Waals surface area (Å²) in [6, 6.07) is 24.2. The number of rotatable bonds is 8. The van der Waals surface area contributed by atoms with Crippen LogP contribution in [0.4, 0.5) is 5.69 Å². The normalized spacial score (nSPS) is 11.0. The SMILES string of the molecule is O=C(COc1ccccc1)Nc1ccc(S(=O)(=O)NCc2ccccc2)cc1. The van der Waals surface area contributed by atoms with Crippen LogP contribution in [0.15, 0.2) is 89.8 Å². The minimum Gasteiger partial charge on any atom is -0.484 e. The first kappa shape index (κ1) is 19.6. The van der Waals surface area contributed by atoms with Gasteiger partial charge in [0.1, 0.15) is 5.75 Å². The van der Waals surface area contributed by atoms with Crippen molar-refractivity contribution in [2.24, 2.45) is 0 Å². The molecule has 0 aromatic heterocycles. The van der Waals surface area contributed by atoms with Crippen LogP contribution in [0.3, 0.4) is 0 Å². The third-order valence-corrected chi connectivity index (χ3v) is 5.29. The second-order valence-electron chi connectivity index (χ2n) is 5.98. The highest BCUT2D eigenvalue weighted by atomic mass is 32.2. The first-order valence-electron chi connectivity index (χ1n) is 8.64. The van der Waals surface area contributed by atoms with E-state index in [9.17, 15) is 13.2 Å². The lowest BCUT2D eigenvalue weighted by Gasteiger charge is -2.09. The average Bonchev–Trinajstić information content (AvgIpc) is 2.73. The summed E-state index contributed by atoms with van der Waals surface area (Å²) in [5.41, 5.74) is 1.36. The molecule has 1 amide bonds. The number of benzene rings is 3. The van der Waals surface area contributed by atoms with Gasteiger partial charge in [-0.25, -0.2) is 13.1 Å². The lowest BCUT2D eigenvalue weighted by Crippen LogP contribution is -2.23. The van der Waals surface area contributed by atoms with Crippen LogP contribution in [0, 0.1) is 0 Å². The molecule has 0 fully saturated rings. The van der Waals surface area contributed by atoms with E-state index in [2.05, 4.69) is 10.0 Å². The zero-order chi connectivity index (χ0) is 19.8. The molecule has 0 saturated carbocycles. The van der Waals surface area contributed by atoms with Crippen LogP contribution in [0.25, 0.3) is 0 Å². The van der Waals surface area contributed by atoms with Crippen molar-refractivity contribution in [3.05, 3.63) is 90.5 Å². The van der Waals surface area contributed by atoms with Crippen molar-refractivity contribution in [2.45, 2.75) is 11.4 Å². The molecule has 28 heavy (non-hydrogen) atoms. The highest BCUT2D eigenvalue weighted by Gasteiger charge is 2.14. The molecule has 0 saturated heterocycles. The zero-order valence-electron chi connectivity index (χ0n) is 15.0. The van der Waals surface area contributed by atoms with Gasteiger partial charge in [0.15, 0.2) is 6.61 Å². The molecular weight excluding hydrogens is 376 g/mol. The minimum absolute atomic E-state index is 0.127. The largest absolute Gasteiger partial charge is 0.484 e. The molecule has 0 aliphatic carbocycles. The molecule has 3 aromatic rings. The van der Waals surface area contributed by atoms with Crippen molar-refractivity contribution in [3.63, 3.8) is 0 Å². The van der Waals surface area contributed by atoms with E-state index in [4.69, 9.17) is 4.74 Å². The second-order valence-corrected chi connectivity index (χ2v) is 7.75. The first-order valence-corrected chi connectivity index (χ1v) is 10.1. The molecule has 0 unspecified atom stereocenters. The van der Waals surface area contributed by atoms with Gasteiger partial charge in [-0.2, -0.15) is 0 Å². The van der Waals surface area contributed by atoms with Crippen molar-refractivity contribution in [3.8, 4) is 5.75 Å². The number of hydrogen-bond acceptors (Lipinski definition) is 4. The van der Waals surface area contributed by atoms with Crippen LogP contribution < -0.4 is 14.8 Å². The topological polar surface area (TPSA) is 84.5 Å². The molecule has 144 valence electrons. The first-order chi connectivity index (χ1) is 13.5. The van der Waals surface area contributed by atoms with Crippen LogP contribution in [-0.2, 0) is 21.4 Å². The zero-order valence-corrected chi connectivity index (χ0v) is 15.9. The molecule has 2 N–H and O–H groups in total. The number of anilines is 1. The van der Waals surface area contributed by atoms with Gasteiger partial charge >= 0.3 is 0 Å². The molecule has 0 radical (unpaired) electrons. The lowest BCUT2D eigenvalue weighted by molar-refractivity contribution is -0.118. The molecule has 0 spiro atoms. The van der Waals surface area contributed by atoms with Crippen LogP contribution in [0.5, 0.6) is 5.75 Å². The van der Waals surface area contributed by atoms with Crippen LogP contribution in [0.2, 0.25) is 0 Å². The Kier molecular flexibility index (Phi) is 6.41. The van der Waals surface area contributed by atoms with E-state index >= 15 is 0 Å². The van der Waals surface area contributed by atoms with E-state index < -0.39 is 10.0 Å². The summed E-state index contributed by atoms with van der Waals surface area (Å²) in [4.78, 5) is 12.1. The highest BCUT2D eigenvalue weighted by Crippen LogP contribution is 2.15. The minimum atomic E-state index is -3.64. The summed E-state index contributed by atoms with van der Waals surface area (Å²) in [6.07, 6.45) is 0. The van der Waals surface area contributed by atoms with Crippen LogP contribution in [-0.4, -0.2) is 20.9 Å². The summed E-state index contributed by atoms with van der Waals surface area (Å²) in [5.74, 6) is 0.269. The fourth-order valence-corrected chi connectivity index (χ4v) is 3.46. The van der Waals surface area contributed by atoms with E-state index in [1.54, 1.807) is 12.1 Å². The number of carbonyl (C=O) groups excluding carboxylic acids is 1. The van der Waals surface area contributed by atoms with Gasteiger partial charge in [0, 0.05) is 12.2 Å². The van der Waals surface area contributed by atoms with Gasteiger partial charge in [0.2, 0.25) is 10.0 Å². The number of ether oxygens (including phenoxy) is 1. The molecule has 0 atom stereocenters. The van der Waals surface area contributed by atoms with Crippen molar-refractivity contribution in [1.29, 1.82) is 0 Å². The Balaban J connectivity index is 1.54. The van der Waals surface area contributed by atoms with Gasteiger partial charge in [0.25, 0.3) is 5.91 Å². The Hall–Kier alpha value is -3.16. The molecule has 7 heteroatoms. The summed E-state index contributed by atoms with van der Waals surface area (Å²) in [7, 11) is -3.64. The summed E-state index contributed by atoms with van der Waals surface area (Å²) in [5, 5.41) is 2.67. The summed E-state index contributed by atoms with van der Waals surface area (Å²) in [6.45, 7) is 0.0706. The Labute approximate surface area is 164 Å². The second kappa shape index (κ2) is 9.16. The average molecular weight is 396 g/mol. The fraction of sp³-hybridized carbons (Fsp3) is 0.0952. The smallest absolute Gasteiger partial charge is 0.262 e. The molecule has 0 heterocycles. The third-order valence-electron chi connectivity index (χ3n) is 3.87. The number of carbonyl (C=O) groups is 1. The predicted molar refractivity (Wildman–Crippen MR) is 107 cm³/mol. The van der Waals surface area contributed by atoms with Crippen molar-refractivity contribution in [1.82, 2.24) is 4.72 Å². The molecule has 6 nitrogen and oxygen atoms in total. The van der Waals surface area contributed by atoms with Crippen molar-refractivity contribution in [2.75, 3.05) is 11.9 Å². The maximum Gasteiger partial charge on any atom is 0.262 e. The summed E-state index contributed by atoms with van der Waals surface area (Å²) < 4.78 is 32.7. The number of hydrogen-bond donors (Lipinski definition) is 2. The monoisotopic (exact) mass is 396 g/mol. The summed E-state index contributed by atoms with van der Waals surface area (Å²) >= 11 is 0. The Bertz CT molecular complexity index is 1010. The number of sulfonamides is 1. The molecule has 3 rings (SSSR count). The molecular formula is C21H20N2O4S. The van der Waals surface area contributed by atoms with Crippen molar-refractivity contribution >= 4 is 21.6 Å². The number of nitrogens with one attached hydrogen (secondary N) is 2. The lowest BCUT2D eigenvalue weighted by atomic mass is 10.2. The van der Waals surface area contributed by atoms with Gasteiger partial charge in [0.05, 0.1) is 4.90 Å². The Morgan fingerprint density at radius 2 is 1.43 bits per heavy atom. The van der Waals surface area contributed by atoms with E-state index in [1.165, 1.54) is 24.3 Å². The quantitative estimate of drug-likeness (QED) is 0.612. The Morgan fingerprint density at radius 1 is 0.821 bits per heavy atom. The maximum atomic E-state index is 12.4. The van der Waals surface area contributed by atoms with Gasteiger partial charge in [-0.05, 0) is 42.0 Å². The van der Waals surface area contributed by atoms with E-state index in [0.717, 1.165) is 5.56 Å². The fourth-order valence-electron chi connectivity index (χ4n) is 2.44. The predicted octanol–water partition coefficient (Wildman–Crippen LogP) is 3.18. The van der Waals surface area contributed by atoms with Gasteiger partial charge < -0.3 is 10.1 Å². The molecule has 0 aliphatic rings. The van der Waals surface area contributed by atoms with Gasteiger partial charge in [-0.15, -0.1) is 0 Å². The van der Waals surface area contributed by atoms with E-state index in [0.29, 0.717) is 11.4 Å².